The van der Waals surface area contributed by atoms with E-state index in [-0.39, 0.29) is 11.5 Å². The van der Waals surface area contributed by atoms with E-state index in [0.717, 1.165) is 11.1 Å². The number of aromatic hydroxyl groups is 2. The summed E-state index contributed by atoms with van der Waals surface area (Å²) in [6, 6.07) is 10.2. The van der Waals surface area contributed by atoms with E-state index >= 15 is 0 Å². The van der Waals surface area contributed by atoms with Crippen LogP contribution in [-0.4, -0.2) is 24.4 Å². The summed E-state index contributed by atoms with van der Waals surface area (Å²) in [5.74, 6) is 1.13. The zero-order valence-corrected chi connectivity index (χ0v) is 11.3. The average Bonchev–Trinajstić information content (AvgIpc) is 2.48. The van der Waals surface area contributed by atoms with E-state index in [0.29, 0.717) is 11.5 Å². The van der Waals surface area contributed by atoms with Crippen LogP contribution >= 0.6 is 0 Å². The highest BCUT2D eigenvalue weighted by atomic mass is 16.5. The standard InChI is InChI=1S/C16H16O4/c1-19-13-7-12(8-14(10-13)20-2)4-3-11-5-6-15(17)16(18)9-11/h3-10,17-18H,1-2H3. The Morgan fingerprint density at radius 3 is 1.90 bits per heavy atom. The van der Waals surface area contributed by atoms with Crippen LogP contribution in [0.4, 0.5) is 0 Å². The van der Waals surface area contributed by atoms with Gasteiger partial charge in [0.05, 0.1) is 14.2 Å². The Labute approximate surface area is 117 Å². The molecule has 0 heterocycles. The van der Waals surface area contributed by atoms with Gasteiger partial charge in [-0.25, -0.2) is 0 Å². The van der Waals surface area contributed by atoms with Gasteiger partial charge in [-0.3, -0.25) is 0 Å². The number of phenolic OH excluding ortho intramolecular Hbond substituents is 2. The highest BCUT2D eigenvalue weighted by molar-refractivity contribution is 5.72. The van der Waals surface area contributed by atoms with Crippen molar-refractivity contribution in [2.45, 2.75) is 0 Å². The molecule has 0 unspecified atom stereocenters. The molecule has 2 aromatic carbocycles. The van der Waals surface area contributed by atoms with Crippen LogP contribution in [0.2, 0.25) is 0 Å². The third kappa shape index (κ3) is 3.23. The Balaban J connectivity index is 2.28. The first-order chi connectivity index (χ1) is 9.62. The molecule has 4 heteroatoms. The second kappa shape index (κ2) is 6.02. The van der Waals surface area contributed by atoms with E-state index in [9.17, 15) is 10.2 Å². The molecule has 0 spiro atoms. The Morgan fingerprint density at radius 2 is 1.35 bits per heavy atom. The van der Waals surface area contributed by atoms with E-state index < -0.39 is 0 Å². The molecular formula is C16H16O4. The molecule has 0 amide bonds. The van der Waals surface area contributed by atoms with Crippen LogP contribution in [0.5, 0.6) is 23.0 Å². The molecule has 2 aromatic rings. The zero-order valence-electron chi connectivity index (χ0n) is 11.3. The van der Waals surface area contributed by atoms with Crippen molar-refractivity contribution in [2.24, 2.45) is 0 Å². The van der Waals surface area contributed by atoms with Crippen LogP contribution in [0.1, 0.15) is 11.1 Å². The number of phenols is 2. The number of rotatable bonds is 4. The Morgan fingerprint density at radius 1 is 0.750 bits per heavy atom. The van der Waals surface area contributed by atoms with Crippen molar-refractivity contribution in [3.63, 3.8) is 0 Å². The highest BCUT2D eigenvalue weighted by Gasteiger charge is 2.00. The summed E-state index contributed by atoms with van der Waals surface area (Å²) in [6.07, 6.45) is 3.70. The predicted molar refractivity (Wildman–Crippen MR) is 78.2 cm³/mol. The zero-order chi connectivity index (χ0) is 14.5. The lowest BCUT2D eigenvalue weighted by Gasteiger charge is -2.05. The maximum Gasteiger partial charge on any atom is 0.157 e. The van der Waals surface area contributed by atoms with E-state index in [1.807, 2.05) is 24.3 Å². The minimum Gasteiger partial charge on any atom is -0.504 e. The number of hydrogen-bond donors (Lipinski definition) is 2. The Bertz CT molecular complexity index is 610. The fraction of sp³-hybridized carbons (Fsp3) is 0.125. The van der Waals surface area contributed by atoms with Gasteiger partial charge in [0, 0.05) is 6.07 Å². The normalized spacial score (nSPS) is 10.7. The quantitative estimate of drug-likeness (QED) is 0.662. The first-order valence-electron chi connectivity index (χ1n) is 6.05. The number of hydrogen-bond acceptors (Lipinski definition) is 4. The monoisotopic (exact) mass is 272 g/mol. The number of ether oxygens (including phenoxy) is 2. The molecular weight excluding hydrogens is 256 g/mol. The summed E-state index contributed by atoms with van der Waals surface area (Å²) in [5.41, 5.74) is 1.69. The largest absolute Gasteiger partial charge is 0.504 e. The van der Waals surface area contributed by atoms with Crippen LogP contribution in [0.3, 0.4) is 0 Å². The molecule has 0 aliphatic heterocycles. The van der Waals surface area contributed by atoms with Gasteiger partial charge < -0.3 is 19.7 Å². The molecule has 0 atom stereocenters. The van der Waals surface area contributed by atoms with Gasteiger partial charge in [0.15, 0.2) is 11.5 Å². The SMILES string of the molecule is COc1cc(C=Cc2ccc(O)c(O)c2)cc(OC)c1. The molecule has 104 valence electrons. The van der Waals surface area contributed by atoms with Crippen molar-refractivity contribution in [2.75, 3.05) is 14.2 Å². The number of methoxy groups -OCH3 is 2. The molecule has 0 aliphatic rings. The minimum atomic E-state index is -0.143. The van der Waals surface area contributed by atoms with Gasteiger partial charge in [0.25, 0.3) is 0 Å². The maximum atomic E-state index is 9.44. The molecule has 0 saturated heterocycles. The van der Waals surface area contributed by atoms with Gasteiger partial charge in [-0.1, -0.05) is 18.2 Å². The van der Waals surface area contributed by atoms with E-state index in [1.165, 1.54) is 12.1 Å². The molecule has 20 heavy (non-hydrogen) atoms. The molecule has 0 bridgehead atoms. The van der Waals surface area contributed by atoms with Crippen LogP contribution < -0.4 is 9.47 Å². The second-order valence-corrected chi connectivity index (χ2v) is 4.23. The predicted octanol–water partition coefficient (Wildman–Crippen LogP) is 3.29. The maximum absolute atomic E-state index is 9.44. The highest BCUT2D eigenvalue weighted by Crippen LogP contribution is 2.27. The summed E-state index contributed by atoms with van der Waals surface area (Å²) in [4.78, 5) is 0. The van der Waals surface area contributed by atoms with Crippen LogP contribution in [0, 0.1) is 0 Å². The van der Waals surface area contributed by atoms with Crippen LogP contribution in [0.25, 0.3) is 12.2 Å². The third-order valence-corrected chi connectivity index (χ3v) is 2.84. The summed E-state index contributed by atoms with van der Waals surface area (Å²) >= 11 is 0. The van der Waals surface area contributed by atoms with Crippen molar-refractivity contribution in [1.82, 2.24) is 0 Å². The first kappa shape index (κ1) is 13.8. The summed E-state index contributed by atoms with van der Waals surface area (Å²) < 4.78 is 10.4. The van der Waals surface area contributed by atoms with Gasteiger partial charge in [-0.05, 0) is 35.4 Å². The molecule has 2 N–H and O–H groups in total. The van der Waals surface area contributed by atoms with Crippen molar-refractivity contribution < 1.29 is 19.7 Å². The van der Waals surface area contributed by atoms with Gasteiger partial charge in [-0.2, -0.15) is 0 Å². The van der Waals surface area contributed by atoms with Crippen molar-refractivity contribution in [3.8, 4) is 23.0 Å². The lowest BCUT2D eigenvalue weighted by molar-refractivity contribution is 0.394. The lowest BCUT2D eigenvalue weighted by atomic mass is 10.1. The molecule has 0 aromatic heterocycles. The fourth-order valence-corrected chi connectivity index (χ4v) is 1.76. The van der Waals surface area contributed by atoms with E-state index in [2.05, 4.69) is 0 Å². The Kier molecular flexibility index (Phi) is 4.15. The van der Waals surface area contributed by atoms with E-state index in [1.54, 1.807) is 26.4 Å². The average molecular weight is 272 g/mol. The molecule has 2 rings (SSSR count). The van der Waals surface area contributed by atoms with Gasteiger partial charge >= 0.3 is 0 Å². The summed E-state index contributed by atoms with van der Waals surface area (Å²) in [7, 11) is 3.19. The van der Waals surface area contributed by atoms with Crippen molar-refractivity contribution in [3.05, 3.63) is 47.5 Å². The van der Waals surface area contributed by atoms with Crippen molar-refractivity contribution in [1.29, 1.82) is 0 Å². The van der Waals surface area contributed by atoms with E-state index in [4.69, 9.17) is 9.47 Å². The summed E-state index contributed by atoms with van der Waals surface area (Å²) in [5, 5.41) is 18.7. The molecule has 0 aliphatic carbocycles. The number of benzene rings is 2. The van der Waals surface area contributed by atoms with Gasteiger partial charge in [-0.15, -0.1) is 0 Å². The van der Waals surface area contributed by atoms with Gasteiger partial charge in [0.2, 0.25) is 0 Å². The molecule has 0 saturated carbocycles. The smallest absolute Gasteiger partial charge is 0.157 e. The molecule has 0 fully saturated rings. The third-order valence-electron chi connectivity index (χ3n) is 2.84. The Hall–Kier alpha value is -2.62. The fourth-order valence-electron chi connectivity index (χ4n) is 1.76. The first-order valence-corrected chi connectivity index (χ1v) is 6.05. The van der Waals surface area contributed by atoms with Crippen molar-refractivity contribution >= 4 is 12.2 Å². The topological polar surface area (TPSA) is 58.9 Å². The lowest BCUT2D eigenvalue weighted by Crippen LogP contribution is -1.88. The van der Waals surface area contributed by atoms with Gasteiger partial charge in [0.1, 0.15) is 11.5 Å². The van der Waals surface area contributed by atoms with Crippen LogP contribution in [-0.2, 0) is 0 Å². The molecule has 0 radical (unpaired) electrons. The molecule has 4 nitrogen and oxygen atoms in total. The van der Waals surface area contributed by atoms with Crippen LogP contribution in [0.15, 0.2) is 36.4 Å². The second-order valence-electron chi connectivity index (χ2n) is 4.23. The summed E-state index contributed by atoms with van der Waals surface area (Å²) in [6.45, 7) is 0. The minimum absolute atomic E-state index is 0.134.